The Labute approximate surface area is 91.6 Å². The Balaban J connectivity index is 2.46. The third kappa shape index (κ3) is 2.82. The average Bonchev–Trinajstić information content (AvgIpc) is 2.29. The standard InChI is InChI=1S/C10H20N2OS/c1-7(2)11-9(14)12-10(4)5-6-13-8(10)3/h7-8H,5-6H2,1-4H3,(H2,11,12,14). The molecule has 4 heteroatoms. The third-order valence-corrected chi connectivity index (χ3v) is 2.93. The molecule has 0 aromatic rings. The van der Waals surface area contributed by atoms with Crippen molar-refractivity contribution in [3.05, 3.63) is 0 Å². The molecule has 0 bridgehead atoms. The highest BCUT2D eigenvalue weighted by Gasteiger charge is 2.37. The first-order chi connectivity index (χ1) is 6.44. The van der Waals surface area contributed by atoms with E-state index >= 15 is 0 Å². The summed E-state index contributed by atoms with van der Waals surface area (Å²) in [6.45, 7) is 9.20. The van der Waals surface area contributed by atoms with Crippen LogP contribution in [-0.2, 0) is 4.74 Å². The molecule has 2 N–H and O–H groups in total. The number of hydrogen-bond donors (Lipinski definition) is 2. The van der Waals surface area contributed by atoms with Crippen LogP contribution in [0.5, 0.6) is 0 Å². The van der Waals surface area contributed by atoms with E-state index in [1.165, 1.54) is 0 Å². The number of thiocarbonyl (C=S) groups is 1. The van der Waals surface area contributed by atoms with E-state index in [0.717, 1.165) is 18.1 Å². The van der Waals surface area contributed by atoms with Crippen molar-refractivity contribution in [1.29, 1.82) is 0 Å². The Bertz CT molecular complexity index is 220. The van der Waals surface area contributed by atoms with Crippen molar-refractivity contribution >= 4 is 17.3 Å². The van der Waals surface area contributed by atoms with Crippen LogP contribution in [0, 0.1) is 0 Å². The van der Waals surface area contributed by atoms with Crippen LogP contribution in [0.3, 0.4) is 0 Å². The molecule has 0 aromatic heterocycles. The highest BCUT2D eigenvalue weighted by molar-refractivity contribution is 7.80. The number of hydrogen-bond acceptors (Lipinski definition) is 2. The van der Waals surface area contributed by atoms with E-state index in [2.05, 4.69) is 38.3 Å². The number of ether oxygens (including phenoxy) is 1. The summed E-state index contributed by atoms with van der Waals surface area (Å²) in [6, 6.07) is 0.372. The predicted molar refractivity (Wildman–Crippen MR) is 62.4 cm³/mol. The predicted octanol–water partition coefficient (Wildman–Crippen LogP) is 1.43. The molecule has 3 nitrogen and oxygen atoms in total. The highest BCUT2D eigenvalue weighted by Crippen LogP contribution is 2.24. The lowest BCUT2D eigenvalue weighted by Gasteiger charge is -2.31. The maximum Gasteiger partial charge on any atom is 0.167 e. The lowest BCUT2D eigenvalue weighted by atomic mass is 9.95. The summed E-state index contributed by atoms with van der Waals surface area (Å²) < 4.78 is 5.52. The van der Waals surface area contributed by atoms with E-state index in [1.54, 1.807) is 0 Å². The summed E-state index contributed by atoms with van der Waals surface area (Å²) in [4.78, 5) is 0. The van der Waals surface area contributed by atoms with E-state index in [-0.39, 0.29) is 11.6 Å². The van der Waals surface area contributed by atoms with Crippen molar-refractivity contribution in [2.75, 3.05) is 6.61 Å². The fourth-order valence-electron chi connectivity index (χ4n) is 1.56. The molecule has 0 spiro atoms. The van der Waals surface area contributed by atoms with Crippen LogP contribution in [0.15, 0.2) is 0 Å². The number of rotatable bonds is 2. The maximum absolute atomic E-state index is 5.52. The quantitative estimate of drug-likeness (QED) is 0.684. The third-order valence-electron chi connectivity index (χ3n) is 2.71. The topological polar surface area (TPSA) is 33.3 Å². The maximum atomic E-state index is 5.52. The molecule has 0 aliphatic carbocycles. The van der Waals surface area contributed by atoms with Crippen LogP contribution in [0.2, 0.25) is 0 Å². The first-order valence-corrected chi connectivity index (χ1v) is 5.55. The molecule has 1 saturated heterocycles. The Kier molecular flexibility index (Phi) is 3.72. The van der Waals surface area contributed by atoms with E-state index < -0.39 is 0 Å². The van der Waals surface area contributed by atoms with Crippen LogP contribution in [0.1, 0.15) is 34.1 Å². The normalized spacial score (nSPS) is 31.9. The van der Waals surface area contributed by atoms with Gasteiger partial charge in [-0.25, -0.2) is 0 Å². The summed E-state index contributed by atoms with van der Waals surface area (Å²) in [5.41, 5.74) is -0.0149. The Morgan fingerprint density at radius 2 is 2.21 bits per heavy atom. The van der Waals surface area contributed by atoms with Gasteiger partial charge in [0.05, 0.1) is 11.6 Å². The molecule has 0 radical (unpaired) electrons. The molecule has 1 aliphatic heterocycles. The van der Waals surface area contributed by atoms with Crippen molar-refractivity contribution < 1.29 is 4.74 Å². The fraction of sp³-hybridized carbons (Fsp3) is 0.900. The molecular formula is C10H20N2OS. The zero-order valence-corrected chi connectivity index (χ0v) is 10.2. The molecule has 1 fully saturated rings. The highest BCUT2D eigenvalue weighted by atomic mass is 32.1. The van der Waals surface area contributed by atoms with Crippen LogP contribution in [-0.4, -0.2) is 29.4 Å². The monoisotopic (exact) mass is 216 g/mol. The van der Waals surface area contributed by atoms with Crippen molar-refractivity contribution in [3.8, 4) is 0 Å². The van der Waals surface area contributed by atoms with Gasteiger partial charge >= 0.3 is 0 Å². The zero-order valence-electron chi connectivity index (χ0n) is 9.39. The summed E-state index contributed by atoms with van der Waals surface area (Å²) in [5.74, 6) is 0. The molecule has 1 heterocycles. The first-order valence-electron chi connectivity index (χ1n) is 5.14. The van der Waals surface area contributed by atoms with Gasteiger partial charge in [-0.3, -0.25) is 0 Å². The van der Waals surface area contributed by atoms with Gasteiger partial charge in [0.1, 0.15) is 0 Å². The summed E-state index contributed by atoms with van der Waals surface area (Å²) in [7, 11) is 0. The molecule has 0 aromatic carbocycles. The van der Waals surface area contributed by atoms with Gasteiger partial charge in [-0.05, 0) is 46.3 Å². The molecule has 14 heavy (non-hydrogen) atoms. The van der Waals surface area contributed by atoms with Crippen LogP contribution in [0.4, 0.5) is 0 Å². The second-order valence-corrected chi connectivity index (χ2v) is 4.84. The van der Waals surface area contributed by atoms with Crippen LogP contribution >= 0.6 is 12.2 Å². The van der Waals surface area contributed by atoms with E-state index in [1.807, 2.05) is 0 Å². The minimum Gasteiger partial charge on any atom is -0.376 e. The van der Waals surface area contributed by atoms with Crippen LogP contribution < -0.4 is 10.6 Å². The Hall–Kier alpha value is -0.350. The van der Waals surface area contributed by atoms with Gasteiger partial charge in [0.2, 0.25) is 0 Å². The van der Waals surface area contributed by atoms with Gasteiger partial charge in [-0.1, -0.05) is 0 Å². The minimum atomic E-state index is -0.0149. The van der Waals surface area contributed by atoms with E-state index in [0.29, 0.717) is 6.04 Å². The lowest BCUT2D eigenvalue weighted by Crippen LogP contribution is -2.54. The molecule has 1 rings (SSSR count). The molecule has 82 valence electrons. The molecule has 2 atom stereocenters. The first kappa shape index (κ1) is 11.7. The molecule has 1 aliphatic rings. The minimum absolute atomic E-state index is 0.0149. The molecule has 0 saturated carbocycles. The Morgan fingerprint density at radius 3 is 2.64 bits per heavy atom. The Morgan fingerprint density at radius 1 is 1.57 bits per heavy atom. The molecule has 0 amide bonds. The van der Waals surface area contributed by atoms with E-state index in [9.17, 15) is 0 Å². The van der Waals surface area contributed by atoms with Gasteiger partial charge in [0.25, 0.3) is 0 Å². The van der Waals surface area contributed by atoms with Gasteiger partial charge in [-0.2, -0.15) is 0 Å². The lowest BCUT2D eigenvalue weighted by molar-refractivity contribution is 0.0947. The summed E-state index contributed by atoms with van der Waals surface area (Å²) in [5, 5.41) is 7.23. The van der Waals surface area contributed by atoms with E-state index in [4.69, 9.17) is 17.0 Å². The summed E-state index contributed by atoms with van der Waals surface area (Å²) in [6.07, 6.45) is 1.23. The second-order valence-electron chi connectivity index (χ2n) is 4.43. The van der Waals surface area contributed by atoms with Gasteiger partial charge in [0.15, 0.2) is 5.11 Å². The van der Waals surface area contributed by atoms with Gasteiger partial charge in [0, 0.05) is 12.6 Å². The number of nitrogens with one attached hydrogen (secondary N) is 2. The molecule has 2 unspecified atom stereocenters. The van der Waals surface area contributed by atoms with Crippen molar-refractivity contribution in [3.63, 3.8) is 0 Å². The van der Waals surface area contributed by atoms with Gasteiger partial charge in [-0.15, -0.1) is 0 Å². The zero-order chi connectivity index (χ0) is 10.8. The fourth-order valence-corrected chi connectivity index (χ4v) is 2.03. The van der Waals surface area contributed by atoms with Crippen molar-refractivity contribution in [1.82, 2.24) is 10.6 Å². The smallest absolute Gasteiger partial charge is 0.167 e. The van der Waals surface area contributed by atoms with Crippen molar-refractivity contribution in [2.45, 2.75) is 51.8 Å². The largest absolute Gasteiger partial charge is 0.376 e. The van der Waals surface area contributed by atoms with Crippen LogP contribution in [0.25, 0.3) is 0 Å². The average molecular weight is 216 g/mol. The van der Waals surface area contributed by atoms with Crippen molar-refractivity contribution in [2.24, 2.45) is 0 Å². The van der Waals surface area contributed by atoms with Gasteiger partial charge < -0.3 is 15.4 Å². The second kappa shape index (κ2) is 4.45. The molecular weight excluding hydrogens is 196 g/mol. The summed E-state index contributed by atoms with van der Waals surface area (Å²) >= 11 is 5.21. The SMILES string of the molecule is CC(C)NC(=S)NC1(C)CCOC1C.